The van der Waals surface area contributed by atoms with Crippen molar-refractivity contribution in [2.24, 2.45) is 0 Å². The number of amides is 1. The molecule has 0 aliphatic carbocycles. The fourth-order valence-corrected chi connectivity index (χ4v) is 3.82. The highest BCUT2D eigenvalue weighted by Crippen LogP contribution is 2.38. The van der Waals surface area contributed by atoms with Crippen molar-refractivity contribution in [2.45, 2.75) is 26.7 Å². The van der Waals surface area contributed by atoms with Gasteiger partial charge < -0.3 is 10.2 Å². The lowest BCUT2D eigenvalue weighted by atomic mass is 9.99. The lowest BCUT2D eigenvalue weighted by Crippen LogP contribution is -2.27. The average molecular weight is 453 g/mol. The number of aryl methyl sites for hydroxylation is 1. The summed E-state index contributed by atoms with van der Waals surface area (Å²) in [7, 11) is 1.78. The van der Waals surface area contributed by atoms with E-state index in [0.717, 1.165) is 40.3 Å². The number of rotatable bonds is 7. The molecule has 5 heteroatoms. The predicted octanol–water partition coefficient (Wildman–Crippen LogP) is 4.94. The summed E-state index contributed by atoms with van der Waals surface area (Å²) in [6, 6.07) is 15.7. The number of nitrogens with zero attached hydrogens (tertiary/aromatic N) is 1. The second-order valence-electron chi connectivity index (χ2n) is 7.06. The highest BCUT2D eigenvalue weighted by molar-refractivity contribution is 9.10. The Balaban J connectivity index is 2.25. The van der Waals surface area contributed by atoms with Gasteiger partial charge in [0.25, 0.3) is 5.91 Å². The van der Waals surface area contributed by atoms with E-state index in [1.54, 1.807) is 11.9 Å². The molecule has 4 nitrogen and oxygen atoms in total. The number of benzene rings is 2. The van der Waals surface area contributed by atoms with Crippen molar-refractivity contribution in [3.05, 3.63) is 80.8 Å². The van der Waals surface area contributed by atoms with Gasteiger partial charge in [-0.25, -0.2) is 0 Å². The van der Waals surface area contributed by atoms with Gasteiger partial charge in [-0.3, -0.25) is 9.59 Å². The molecule has 1 heterocycles. The molecule has 0 aromatic heterocycles. The minimum absolute atomic E-state index is 0.136. The van der Waals surface area contributed by atoms with Gasteiger partial charge in [-0.2, -0.15) is 0 Å². The maximum Gasteiger partial charge on any atom is 0.261 e. The minimum atomic E-state index is -0.136. The van der Waals surface area contributed by atoms with Gasteiger partial charge >= 0.3 is 0 Å². The summed E-state index contributed by atoms with van der Waals surface area (Å²) in [6.07, 6.45) is 2.64. The van der Waals surface area contributed by atoms with E-state index < -0.39 is 0 Å². The van der Waals surface area contributed by atoms with Crippen molar-refractivity contribution in [3.63, 3.8) is 0 Å². The van der Waals surface area contributed by atoms with E-state index in [4.69, 9.17) is 0 Å². The minimum Gasteiger partial charge on any atom is -0.387 e. The van der Waals surface area contributed by atoms with E-state index >= 15 is 0 Å². The van der Waals surface area contributed by atoms with E-state index in [1.807, 2.05) is 55.5 Å². The molecule has 0 radical (unpaired) electrons. The number of unbranched alkanes of at least 4 members (excludes halogenated alkanes) is 1. The van der Waals surface area contributed by atoms with Gasteiger partial charge in [0, 0.05) is 18.1 Å². The summed E-state index contributed by atoms with van der Waals surface area (Å²) in [5, 5.41) is 3.16. The second kappa shape index (κ2) is 9.23. The smallest absolute Gasteiger partial charge is 0.261 e. The summed E-state index contributed by atoms with van der Waals surface area (Å²) in [5.41, 5.74) is 5.08. The Labute approximate surface area is 180 Å². The first kappa shape index (κ1) is 21.1. The Morgan fingerprint density at radius 3 is 2.31 bits per heavy atom. The van der Waals surface area contributed by atoms with Crippen molar-refractivity contribution in [2.75, 3.05) is 13.6 Å². The van der Waals surface area contributed by atoms with Crippen molar-refractivity contribution in [1.29, 1.82) is 0 Å². The first-order valence-corrected chi connectivity index (χ1v) is 10.6. The zero-order valence-electron chi connectivity index (χ0n) is 17.0. The maximum absolute atomic E-state index is 13.5. The highest BCUT2D eigenvalue weighted by Gasteiger charge is 2.37. The van der Waals surface area contributed by atoms with Crippen LogP contribution in [0.3, 0.4) is 0 Å². The molecule has 0 saturated heterocycles. The number of nitrogens with one attached hydrogen (secondary N) is 1. The van der Waals surface area contributed by atoms with Crippen LogP contribution in [0.5, 0.6) is 0 Å². The molecule has 0 bridgehead atoms. The third-order valence-electron chi connectivity index (χ3n) is 5.06. The molecule has 0 spiro atoms. The Morgan fingerprint density at radius 2 is 1.76 bits per heavy atom. The topological polar surface area (TPSA) is 49.4 Å². The Morgan fingerprint density at radius 1 is 1.10 bits per heavy atom. The molecule has 0 saturated carbocycles. The molecule has 2 aromatic carbocycles. The van der Waals surface area contributed by atoms with Gasteiger partial charge in [-0.15, -0.1) is 0 Å². The lowest BCUT2D eigenvalue weighted by Gasteiger charge is -2.21. The summed E-state index contributed by atoms with van der Waals surface area (Å²) < 4.78 is 0.954. The number of halogens is 1. The molecule has 3 rings (SSSR count). The van der Waals surface area contributed by atoms with Crippen LogP contribution in [0.1, 0.15) is 36.5 Å². The van der Waals surface area contributed by atoms with Gasteiger partial charge in [0.05, 0.1) is 22.5 Å². The van der Waals surface area contributed by atoms with Gasteiger partial charge in [0.1, 0.15) is 0 Å². The van der Waals surface area contributed by atoms with Gasteiger partial charge in [-0.05, 0) is 36.6 Å². The normalized spacial score (nSPS) is 15.7. The van der Waals surface area contributed by atoms with Crippen LogP contribution in [0, 0.1) is 6.92 Å². The van der Waals surface area contributed by atoms with Crippen LogP contribution in [-0.4, -0.2) is 30.7 Å². The van der Waals surface area contributed by atoms with Crippen LogP contribution in [0.4, 0.5) is 0 Å². The molecule has 1 aliphatic rings. The monoisotopic (exact) mass is 452 g/mol. The second-order valence-corrected chi connectivity index (χ2v) is 7.98. The van der Waals surface area contributed by atoms with E-state index in [1.165, 1.54) is 0 Å². The van der Waals surface area contributed by atoms with Crippen LogP contribution in [-0.2, 0) is 9.59 Å². The first-order chi connectivity index (χ1) is 14.0. The Hall–Kier alpha value is -2.66. The summed E-state index contributed by atoms with van der Waals surface area (Å²) in [6.45, 7) is 4.69. The standard InChI is InChI=1S/C24H25BrN2O2/c1-4-5-14-27-23(18-8-6-16(2)7-9-18)20(15-28)21(24(27)29)22(26-3)17-10-12-19(25)13-11-17/h6-13,15,26H,4-5,14H2,1-3H3/b22-21+. The zero-order valence-corrected chi connectivity index (χ0v) is 18.5. The van der Waals surface area contributed by atoms with Crippen LogP contribution in [0.25, 0.3) is 11.4 Å². The molecular formula is C24H25BrN2O2. The van der Waals surface area contributed by atoms with E-state index in [-0.39, 0.29) is 5.91 Å². The molecular weight excluding hydrogens is 428 g/mol. The SMILES string of the molecule is CCCCN1C(=O)/C(=C(/NC)c2ccc(Br)cc2)C(C=O)=C1c1ccc(C)cc1. The van der Waals surface area contributed by atoms with Crippen LogP contribution >= 0.6 is 15.9 Å². The van der Waals surface area contributed by atoms with E-state index in [0.29, 0.717) is 29.1 Å². The summed E-state index contributed by atoms with van der Waals surface area (Å²) >= 11 is 3.44. The van der Waals surface area contributed by atoms with Crippen molar-refractivity contribution >= 4 is 39.5 Å². The van der Waals surface area contributed by atoms with Crippen molar-refractivity contribution < 1.29 is 9.59 Å². The molecule has 0 fully saturated rings. The fraction of sp³-hybridized carbons (Fsp3) is 0.250. The first-order valence-electron chi connectivity index (χ1n) is 9.78. The highest BCUT2D eigenvalue weighted by atomic mass is 79.9. The van der Waals surface area contributed by atoms with Crippen LogP contribution < -0.4 is 5.32 Å². The summed E-state index contributed by atoms with van der Waals surface area (Å²) in [4.78, 5) is 27.5. The van der Waals surface area contributed by atoms with Crippen molar-refractivity contribution in [3.8, 4) is 0 Å². The average Bonchev–Trinajstić information content (AvgIpc) is 3.00. The third-order valence-corrected chi connectivity index (χ3v) is 5.59. The van der Waals surface area contributed by atoms with Gasteiger partial charge in [-0.1, -0.05) is 71.2 Å². The zero-order chi connectivity index (χ0) is 21.0. The van der Waals surface area contributed by atoms with Gasteiger partial charge in [0.15, 0.2) is 6.29 Å². The Kier molecular flexibility index (Phi) is 6.70. The number of carbonyl (C=O) groups excluding carboxylic acids is 2. The van der Waals surface area contributed by atoms with Crippen LogP contribution in [0.15, 0.2) is 64.1 Å². The van der Waals surface area contributed by atoms with E-state index in [9.17, 15) is 9.59 Å². The summed E-state index contributed by atoms with van der Waals surface area (Å²) in [5.74, 6) is -0.136. The molecule has 1 N–H and O–H groups in total. The molecule has 0 atom stereocenters. The Bertz CT molecular complexity index is 973. The quantitative estimate of drug-likeness (QED) is 0.477. The number of aldehydes is 1. The molecule has 1 amide bonds. The fourth-order valence-electron chi connectivity index (χ4n) is 3.55. The number of carbonyl (C=O) groups is 2. The molecule has 29 heavy (non-hydrogen) atoms. The largest absolute Gasteiger partial charge is 0.387 e. The molecule has 2 aromatic rings. The lowest BCUT2D eigenvalue weighted by molar-refractivity contribution is -0.123. The number of hydrogen-bond donors (Lipinski definition) is 1. The van der Waals surface area contributed by atoms with E-state index in [2.05, 4.69) is 28.2 Å². The van der Waals surface area contributed by atoms with Crippen molar-refractivity contribution in [1.82, 2.24) is 10.2 Å². The molecule has 150 valence electrons. The van der Waals surface area contributed by atoms with Gasteiger partial charge in [0.2, 0.25) is 0 Å². The third kappa shape index (κ3) is 4.20. The molecule has 1 aliphatic heterocycles. The predicted molar refractivity (Wildman–Crippen MR) is 121 cm³/mol. The molecule has 0 unspecified atom stereocenters. The number of hydrogen-bond acceptors (Lipinski definition) is 3. The van der Waals surface area contributed by atoms with Crippen LogP contribution in [0.2, 0.25) is 0 Å². The maximum atomic E-state index is 13.5.